The summed E-state index contributed by atoms with van der Waals surface area (Å²) < 4.78 is 59.0. The third-order valence-electron chi connectivity index (χ3n) is 8.00. The first-order valence-electron chi connectivity index (χ1n) is 13.5. The summed E-state index contributed by atoms with van der Waals surface area (Å²) in [5.41, 5.74) is -2.52. The number of carbonyl (C=O) groups is 4. The molecule has 2 aromatic rings. The van der Waals surface area contributed by atoms with Crippen LogP contribution in [-0.2, 0) is 15.8 Å². The molecule has 1 spiro atoms. The summed E-state index contributed by atoms with van der Waals surface area (Å²) in [5, 5.41) is 11.8. The second-order valence-electron chi connectivity index (χ2n) is 11.0. The minimum Gasteiger partial charge on any atom is -0.496 e. The Morgan fingerprint density at radius 3 is 2.26 bits per heavy atom. The molecule has 43 heavy (non-hydrogen) atoms. The average Bonchev–Trinajstić information content (AvgIpc) is 3.19. The maximum absolute atomic E-state index is 14.3. The molecule has 10 nitrogen and oxygen atoms in total. The largest absolute Gasteiger partial charge is 0.496 e. The number of carbonyl (C=O) groups excluding carboxylic acids is 3. The van der Waals surface area contributed by atoms with Crippen LogP contribution in [0.25, 0.3) is 0 Å². The van der Waals surface area contributed by atoms with Crippen LogP contribution in [0.3, 0.4) is 0 Å². The van der Waals surface area contributed by atoms with E-state index in [0.29, 0.717) is 23.9 Å². The van der Waals surface area contributed by atoms with E-state index in [9.17, 15) is 41.8 Å². The summed E-state index contributed by atoms with van der Waals surface area (Å²) >= 11 is 0. The Labute approximate surface area is 245 Å². The molecule has 0 aliphatic carbocycles. The number of hydrogen-bond donors (Lipinski definition) is 2. The van der Waals surface area contributed by atoms with Crippen molar-refractivity contribution in [2.75, 3.05) is 38.8 Å². The Hall–Kier alpha value is -4.36. The van der Waals surface area contributed by atoms with E-state index >= 15 is 0 Å². The highest BCUT2D eigenvalue weighted by atomic mass is 19.4. The Balaban J connectivity index is 1.53. The van der Waals surface area contributed by atoms with Crippen LogP contribution in [0, 0.1) is 11.7 Å². The number of benzene rings is 2. The number of hydrogen-bond acceptors (Lipinski definition) is 6. The first-order chi connectivity index (χ1) is 20.1. The molecule has 3 amide bonds. The molecule has 0 unspecified atom stereocenters. The minimum atomic E-state index is -4.79. The van der Waals surface area contributed by atoms with E-state index in [1.807, 2.05) is 4.90 Å². The van der Waals surface area contributed by atoms with Crippen molar-refractivity contribution >= 4 is 29.4 Å². The lowest BCUT2D eigenvalue weighted by molar-refractivity contribution is -0.139. The Bertz CT molecular complexity index is 1440. The second kappa shape index (κ2) is 11.7. The van der Waals surface area contributed by atoms with Gasteiger partial charge in [-0.3, -0.25) is 14.4 Å². The van der Waals surface area contributed by atoms with Gasteiger partial charge in [0.2, 0.25) is 11.8 Å². The SMILES string of the molecule is COc1cc(N2CN(C)C(=O)C23CCN(C(=O)[C@H](NC(=O)c2cc(C(F)(F)F)ccc2F)C(C)C)CC3)ccc1C(=O)O. The van der Waals surface area contributed by atoms with E-state index in [2.05, 4.69) is 5.32 Å². The monoisotopic (exact) mass is 608 g/mol. The van der Waals surface area contributed by atoms with Crippen molar-refractivity contribution in [1.29, 1.82) is 0 Å². The number of likely N-dealkylation sites (tertiary alicyclic amines) is 1. The number of methoxy groups -OCH3 is 1. The minimum absolute atomic E-state index is 0.0358. The number of nitrogens with one attached hydrogen (secondary N) is 1. The molecule has 2 aromatic carbocycles. The van der Waals surface area contributed by atoms with Crippen LogP contribution in [-0.4, -0.2) is 84.1 Å². The molecular formula is C29H32F4N4O6. The van der Waals surface area contributed by atoms with Gasteiger partial charge >= 0.3 is 12.1 Å². The normalized spacial score (nSPS) is 17.4. The van der Waals surface area contributed by atoms with Crippen LogP contribution in [0.15, 0.2) is 36.4 Å². The summed E-state index contributed by atoms with van der Waals surface area (Å²) in [6.07, 6.45) is -4.36. The van der Waals surface area contributed by atoms with E-state index in [-0.39, 0.29) is 49.8 Å². The number of piperidine rings is 1. The molecule has 2 fully saturated rings. The van der Waals surface area contributed by atoms with E-state index in [0.717, 1.165) is 0 Å². The number of carboxylic acid groups (broad SMARTS) is 1. The van der Waals surface area contributed by atoms with Crippen molar-refractivity contribution in [3.63, 3.8) is 0 Å². The van der Waals surface area contributed by atoms with E-state index in [4.69, 9.17) is 4.74 Å². The van der Waals surface area contributed by atoms with Crippen molar-refractivity contribution in [3.05, 3.63) is 58.9 Å². The lowest BCUT2D eigenvalue weighted by Crippen LogP contribution is -2.60. The number of aromatic carboxylic acids is 1. The number of alkyl halides is 3. The predicted octanol–water partition coefficient (Wildman–Crippen LogP) is 3.60. The number of ether oxygens (including phenoxy) is 1. The fraction of sp³-hybridized carbons (Fsp3) is 0.448. The van der Waals surface area contributed by atoms with Gasteiger partial charge in [-0.2, -0.15) is 13.2 Å². The highest BCUT2D eigenvalue weighted by Gasteiger charge is 2.53. The number of likely N-dealkylation sites (N-methyl/N-ethyl adjacent to an activating group) is 1. The number of carboxylic acids is 1. The van der Waals surface area contributed by atoms with Crippen molar-refractivity contribution in [1.82, 2.24) is 15.1 Å². The molecule has 2 heterocycles. The van der Waals surface area contributed by atoms with Crippen molar-refractivity contribution in [3.8, 4) is 5.75 Å². The Morgan fingerprint density at radius 2 is 1.70 bits per heavy atom. The van der Waals surface area contributed by atoms with Crippen molar-refractivity contribution in [2.45, 2.75) is 44.4 Å². The molecule has 2 aliphatic heterocycles. The third kappa shape index (κ3) is 5.95. The quantitative estimate of drug-likeness (QED) is 0.461. The maximum Gasteiger partial charge on any atom is 0.416 e. The fourth-order valence-corrected chi connectivity index (χ4v) is 5.62. The molecule has 0 radical (unpaired) electrons. The fourth-order valence-electron chi connectivity index (χ4n) is 5.62. The number of anilines is 1. The molecule has 0 bridgehead atoms. The van der Waals surface area contributed by atoms with Crippen LogP contribution >= 0.6 is 0 Å². The van der Waals surface area contributed by atoms with Gasteiger partial charge in [0.1, 0.15) is 28.7 Å². The lowest BCUT2D eigenvalue weighted by Gasteiger charge is -2.44. The van der Waals surface area contributed by atoms with Crippen molar-refractivity contribution < 1.29 is 46.6 Å². The van der Waals surface area contributed by atoms with Crippen LogP contribution in [0.4, 0.5) is 23.2 Å². The van der Waals surface area contributed by atoms with Gasteiger partial charge in [-0.25, -0.2) is 9.18 Å². The molecular weight excluding hydrogens is 576 g/mol. The highest BCUT2D eigenvalue weighted by Crippen LogP contribution is 2.41. The van der Waals surface area contributed by atoms with Crippen molar-refractivity contribution in [2.24, 2.45) is 5.92 Å². The van der Waals surface area contributed by atoms with Gasteiger partial charge in [-0.05, 0) is 49.1 Å². The topological polar surface area (TPSA) is 119 Å². The van der Waals surface area contributed by atoms with Crippen LogP contribution in [0.1, 0.15) is 53.0 Å². The number of amides is 3. The smallest absolute Gasteiger partial charge is 0.416 e. The van der Waals surface area contributed by atoms with E-state index < -0.39 is 58.4 Å². The second-order valence-corrected chi connectivity index (χ2v) is 11.0. The Morgan fingerprint density at radius 1 is 1.05 bits per heavy atom. The zero-order valence-electron chi connectivity index (χ0n) is 24.0. The van der Waals surface area contributed by atoms with Gasteiger partial charge in [0, 0.05) is 31.9 Å². The van der Waals surface area contributed by atoms with Crippen LogP contribution in [0.2, 0.25) is 0 Å². The maximum atomic E-state index is 14.3. The standard InChI is InChI=1S/C29H32F4N4O6/c1-16(2)23(34-24(38)20-13-17(29(31,32)33)5-8-21(20)30)25(39)36-11-9-28(10-12-36)27(42)35(3)15-37(28)18-6-7-19(26(40)41)22(14-18)43-4/h5-8,13-14,16,23H,9-12,15H2,1-4H3,(H,34,38)(H,40,41)/t23-/m1/s1. The van der Waals surface area contributed by atoms with Gasteiger partial charge in [0.15, 0.2) is 0 Å². The molecule has 2 aliphatic rings. The lowest BCUT2D eigenvalue weighted by atomic mass is 9.85. The third-order valence-corrected chi connectivity index (χ3v) is 8.00. The first-order valence-corrected chi connectivity index (χ1v) is 13.5. The molecule has 1 atom stereocenters. The van der Waals surface area contributed by atoms with Crippen LogP contribution in [0.5, 0.6) is 5.75 Å². The number of halogens is 4. The summed E-state index contributed by atoms with van der Waals surface area (Å²) in [7, 11) is 2.99. The molecule has 14 heteroatoms. The predicted molar refractivity (Wildman–Crippen MR) is 146 cm³/mol. The molecule has 2 N–H and O–H groups in total. The molecule has 0 aromatic heterocycles. The molecule has 4 rings (SSSR count). The van der Waals surface area contributed by atoms with Gasteiger partial charge in [-0.1, -0.05) is 13.8 Å². The summed E-state index contributed by atoms with van der Waals surface area (Å²) in [6.45, 7) is 3.74. The number of nitrogens with zero attached hydrogens (tertiary/aromatic N) is 3. The van der Waals surface area contributed by atoms with E-state index in [1.165, 1.54) is 23.0 Å². The number of rotatable bonds is 7. The zero-order valence-corrected chi connectivity index (χ0v) is 24.0. The Kier molecular flexibility index (Phi) is 8.61. The molecule has 232 valence electrons. The molecule has 2 saturated heterocycles. The first kappa shape index (κ1) is 31.6. The van der Waals surface area contributed by atoms with E-state index in [1.54, 1.807) is 33.0 Å². The average molecular weight is 609 g/mol. The van der Waals surface area contributed by atoms with Crippen LogP contribution < -0.4 is 15.0 Å². The zero-order chi connectivity index (χ0) is 31.9. The highest BCUT2D eigenvalue weighted by molar-refractivity contribution is 5.98. The van der Waals surface area contributed by atoms with Gasteiger partial charge in [0.05, 0.1) is 24.9 Å². The van der Waals surface area contributed by atoms with Gasteiger partial charge in [0.25, 0.3) is 5.91 Å². The van der Waals surface area contributed by atoms with Gasteiger partial charge in [-0.15, -0.1) is 0 Å². The summed E-state index contributed by atoms with van der Waals surface area (Å²) in [4.78, 5) is 56.3. The van der Waals surface area contributed by atoms with Gasteiger partial charge < -0.3 is 29.9 Å². The summed E-state index contributed by atoms with van der Waals surface area (Å²) in [6, 6.07) is 4.87. The summed E-state index contributed by atoms with van der Waals surface area (Å²) in [5.74, 6) is -4.51. The molecule has 0 saturated carbocycles.